The number of anilines is 1. The van der Waals surface area contributed by atoms with E-state index in [2.05, 4.69) is 5.32 Å². The molecule has 7 heteroatoms. The molecule has 0 unspecified atom stereocenters. The predicted molar refractivity (Wildman–Crippen MR) is 98.6 cm³/mol. The largest absolute Gasteiger partial charge is 0.350 e. The van der Waals surface area contributed by atoms with Crippen molar-refractivity contribution in [3.63, 3.8) is 0 Å². The standard InChI is InChI=1S/C17H11Cl3N2O2/c1-22-8-10(16(23)9-4-2-3-5-15(9)22)17(24)21-14-7-12(19)11(18)6-13(14)20/h2-8H,1H3,(H,21,24). The van der Waals surface area contributed by atoms with Gasteiger partial charge in [0.2, 0.25) is 5.43 Å². The molecule has 0 bridgehead atoms. The smallest absolute Gasteiger partial charge is 0.261 e. The van der Waals surface area contributed by atoms with Gasteiger partial charge in [-0.3, -0.25) is 9.59 Å². The van der Waals surface area contributed by atoms with Crippen molar-refractivity contribution < 1.29 is 4.79 Å². The third kappa shape index (κ3) is 3.00. The first-order valence-corrected chi connectivity index (χ1v) is 8.06. The zero-order valence-corrected chi connectivity index (χ0v) is 14.7. The fraction of sp³-hybridized carbons (Fsp3) is 0.0588. The maximum absolute atomic E-state index is 12.6. The first-order valence-electron chi connectivity index (χ1n) is 6.92. The van der Waals surface area contributed by atoms with E-state index in [9.17, 15) is 9.59 Å². The number of aryl methyl sites for hydroxylation is 1. The number of amides is 1. The van der Waals surface area contributed by atoms with Gasteiger partial charge in [-0.2, -0.15) is 0 Å². The molecule has 0 atom stereocenters. The highest BCUT2D eigenvalue weighted by atomic mass is 35.5. The second-order valence-electron chi connectivity index (χ2n) is 5.20. The maximum atomic E-state index is 12.6. The molecule has 0 saturated heterocycles. The third-order valence-corrected chi connectivity index (χ3v) is 4.63. The van der Waals surface area contributed by atoms with E-state index in [0.717, 1.165) is 5.52 Å². The van der Waals surface area contributed by atoms with Crippen LogP contribution in [0.15, 0.2) is 47.4 Å². The van der Waals surface area contributed by atoms with Gasteiger partial charge in [-0.25, -0.2) is 0 Å². The molecule has 1 N–H and O–H groups in total. The van der Waals surface area contributed by atoms with Crippen molar-refractivity contribution in [1.82, 2.24) is 4.57 Å². The summed E-state index contributed by atoms with van der Waals surface area (Å²) in [5, 5.41) is 3.83. The topological polar surface area (TPSA) is 51.1 Å². The van der Waals surface area contributed by atoms with Crippen LogP contribution in [0.5, 0.6) is 0 Å². The molecule has 0 radical (unpaired) electrons. The Kier molecular flexibility index (Phi) is 4.54. The van der Waals surface area contributed by atoms with E-state index in [-0.39, 0.29) is 31.7 Å². The summed E-state index contributed by atoms with van der Waals surface area (Å²) < 4.78 is 1.72. The molecule has 122 valence electrons. The maximum Gasteiger partial charge on any atom is 0.261 e. The Labute approximate surface area is 152 Å². The molecule has 0 aliphatic rings. The van der Waals surface area contributed by atoms with Gasteiger partial charge in [-0.05, 0) is 24.3 Å². The molecule has 2 aromatic carbocycles. The van der Waals surface area contributed by atoms with E-state index in [1.54, 1.807) is 23.7 Å². The van der Waals surface area contributed by atoms with Gasteiger partial charge in [0, 0.05) is 18.6 Å². The number of nitrogens with zero attached hydrogens (tertiary/aromatic N) is 1. The number of halogens is 3. The van der Waals surface area contributed by atoms with Crippen LogP contribution >= 0.6 is 34.8 Å². The molecule has 3 rings (SSSR count). The lowest BCUT2D eigenvalue weighted by Crippen LogP contribution is -2.23. The molecular formula is C17H11Cl3N2O2. The summed E-state index contributed by atoms with van der Waals surface area (Å²) >= 11 is 17.9. The van der Waals surface area contributed by atoms with Gasteiger partial charge < -0.3 is 9.88 Å². The SMILES string of the molecule is Cn1cc(C(=O)Nc2cc(Cl)c(Cl)cc2Cl)c(=O)c2ccccc21. The van der Waals surface area contributed by atoms with E-state index in [1.807, 2.05) is 12.1 Å². The minimum Gasteiger partial charge on any atom is -0.350 e. The van der Waals surface area contributed by atoms with Crippen LogP contribution in [0.4, 0.5) is 5.69 Å². The van der Waals surface area contributed by atoms with Gasteiger partial charge >= 0.3 is 0 Å². The quantitative estimate of drug-likeness (QED) is 0.651. The van der Waals surface area contributed by atoms with Gasteiger partial charge in [-0.15, -0.1) is 0 Å². The van der Waals surface area contributed by atoms with Crippen molar-refractivity contribution in [2.75, 3.05) is 5.32 Å². The summed E-state index contributed by atoms with van der Waals surface area (Å²) in [5.41, 5.74) is 0.689. The van der Waals surface area contributed by atoms with E-state index in [4.69, 9.17) is 34.8 Å². The Morgan fingerprint density at radius 3 is 2.46 bits per heavy atom. The van der Waals surface area contributed by atoms with Crippen molar-refractivity contribution in [2.45, 2.75) is 0 Å². The van der Waals surface area contributed by atoms with Crippen molar-refractivity contribution in [3.8, 4) is 0 Å². The summed E-state index contributed by atoms with van der Waals surface area (Å²) in [6, 6.07) is 9.95. The van der Waals surface area contributed by atoms with Crippen molar-refractivity contribution >= 4 is 57.3 Å². The monoisotopic (exact) mass is 380 g/mol. The Bertz CT molecular complexity index is 1030. The number of fused-ring (bicyclic) bond motifs is 1. The van der Waals surface area contributed by atoms with Crippen molar-refractivity contribution in [1.29, 1.82) is 0 Å². The van der Waals surface area contributed by atoms with Crippen LogP contribution < -0.4 is 10.7 Å². The lowest BCUT2D eigenvalue weighted by atomic mass is 10.1. The average molecular weight is 382 g/mol. The van der Waals surface area contributed by atoms with E-state index >= 15 is 0 Å². The second-order valence-corrected chi connectivity index (χ2v) is 6.42. The molecule has 0 saturated carbocycles. The van der Waals surface area contributed by atoms with Gasteiger partial charge in [-0.1, -0.05) is 46.9 Å². The number of carbonyl (C=O) groups is 1. The summed E-state index contributed by atoms with van der Waals surface area (Å²) in [4.78, 5) is 25.1. The Hall–Kier alpha value is -2.01. The van der Waals surface area contributed by atoms with E-state index in [0.29, 0.717) is 5.39 Å². The molecule has 1 heterocycles. The van der Waals surface area contributed by atoms with Crippen LogP contribution in [-0.2, 0) is 7.05 Å². The number of hydrogen-bond acceptors (Lipinski definition) is 2. The summed E-state index contributed by atoms with van der Waals surface area (Å²) in [5.74, 6) is -0.568. The molecule has 0 aliphatic carbocycles. The number of carbonyl (C=O) groups excluding carboxylic acids is 1. The van der Waals surface area contributed by atoms with Gasteiger partial charge in [0.15, 0.2) is 0 Å². The zero-order chi connectivity index (χ0) is 17.4. The summed E-state index contributed by atoms with van der Waals surface area (Å²) in [7, 11) is 1.77. The normalized spacial score (nSPS) is 10.8. The minimum atomic E-state index is -0.568. The molecule has 0 fully saturated rings. The van der Waals surface area contributed by atoms with Gasteiger partial charge in [0.1, 0.15) is 5.56 Å². The van der Waals surface area contributed by atoms with Crippen molar-refractivity contribution in [2.24, 2.45) is 7.05 Å². The number of benzene rings is 2. The number of aromatic nitrogens is 1. The average Bonchev–Trinajstić information content (AvgIpc) is 2.56. The fourth-order valence-electron chi connectivity index (χ4n) is 2.41. The Morgan fingerprint density at radius 2 is 1.71 bits per heavy atom. The summed E-state index contributed by atoms with van der Waals surface area (Å²) in [6.45, 7) is 0. The number of hydrogen-bond donors (Lipinski definition) is 1. The Balaban J connectivity index is 2.05. The van der Waals surface area contributed by atoms with Crippen LogP contribution in [0.25, 0.3) is 10.9 Å². The first-order chi connectivity index (χ1) is 11.4. The van der Waals surface area contributed by atoms with Gasteiger partial charge in [0.05, 0.1) is 26.3 Å². The molecule has 4 nitrogen and oxygen atoms in total. The van der Waals surface area contributed by atoms with Crippen LogP contribution in [-0.4, -0.2) is 10.5 Å². The Morgan fingerprint density at radius 1 is 1.04 bits per heavy atom. The summed E-state index contributed by atoms with van der Waals surface area (Å²) in [6.07, 6.45) is 1.49. The molecule has 24 heavy (non-hydrogen) atoms. The van der Waals surface area contributed by atoms with Crippen molar-refractivity contribution in [3.05, 3.63) is 73.4 Å². The predicted octanol–water partition coefficient (Wildman–Crippen LogP) is 4.75. The van der Waals surface area contributed by atoms with Crippen LogP contribution in [0, 0.1) is 0 Å². The molecular weight excluding hydrogens is 371 g/mol. The molecule has 3 aromatic rings. The molecule has 0 aliphatic heterocycles. The molecule has 0 spiro atoms. The second kappa shape index (κ2) is 6.48. The van der Waals surface area contributed by atoms with E-state index in [1.165, 1.54) is 18.3 Å². The number of para-hydroxylation sites is 1. The number of pyridine rings is 1. The van der Waals surface area contributed by atoms with Crippen LogP contribution in [0.3, 0.4) is 0 Å². The third-order valence-electron chi connectivity index (χ3n) is 3.60. The molecule has 1 amide bonds. The fourth-order valence-corrected chi connectivity index (χ4v) is 3.00. The zero-order valence-electron chi connectivity index (χ0n) is 12.4. The lowest BCUT2D eigenvalue weighted by molar-refractivity contribution is 0.102. The van der Waals surface area contributed by atoms with E-state index < -0.39 is 5.91 Å². The minimum absolute atomic E-state index is 0.0124. The highest BCUT2D eigenvalue weighted by molar-refractivity contribution is 6.44. The first kappa shape index (κ1) is 16.8. The highest BCUT2D eigenvalue weighted by Gasteiger charge is 2.16. The number of nitrogens with one attached hydrogen (secondary N) is 1. The van der Waals surface area contributed by atoms with Gasteiger partial charge in [0.25, 0.3) is 5.91 Å². The van der Waals surface area contributed by atoms with Crippen LogP contribution in [0.2, 0.25) is 15.1 Å². The molecule has 1 aromatic heterocycles. The number of rotatable bonds is 2. The van der Waals surface area contributed by atoms with Crippen LogP contribution in [0.1, 0.15) is 10.4 Å². The lowest BCUT2D eigenvalue weighted by Gasteiger charge is -2.11. The highest BCUT2D eigenvalue weighted by Crippen LogP contribution is 2.32.